The van der Waals surface area contributed by atoms with E-state index < -0.39 is 0 Å². The first-order valence-electron chi connectivity index (χ1n) is 14.4. The molecule has 4 rings (SSSR count). The van der Waals surface area contributed by atoms with E-state index in [0.717, 1.165) is 68.4 Å². The molecule has 1 saturated carbocycles. The molecule has 206 valence electrons. The number of amides is 1. The monoisotopic (exact) mass is 519 g/mol. The fourth-order valence-electron chi connectivity index (χ4n) is 5.51. The lowest BCUT2D eigenvalue weighted by Crippen LogP contribution is -2.50. The molecule has 0 spiro atoms. The van der Waals surface area contributed by atoms with Crippen molar-refractivity contribution < 1.29 is 4.79 Å². The van der Waals surface area contributed by atoms with Crippen LogP contribution in [0.15, 0.2) is 30.5 Å². The minimum absolute atomic E-state index is 0.220. The number of nitrogens with one attached hydrogen (secondary N) is 1. The average molecular weight is 520 g/mol. The Balaban J connectivity index is 1.28. The molecule has 1 saturated heterocycles. The number of nitrogens with two attached hydrogens (primary N) is 1. The molecule has 38 heavy (non-hydrogen) atoms. The minimum Gasteiger partial charge on any atom is -0.370 e. The van der Waals surface area contributed by atoms with Gasteiger partial charge in [0.2, 0.25) is 12.4 Å². The highest BCUT2D eigenvalue weighted by Crippen LogP contribution is 2.24. The summed E-state index contributed by atoms with van der Waals surface area (Å²) in [6.45, 7) is 11.1. The zero-order chi connectivity index (χ0) is 26.7. The summed E-state index contributed by atoms with van der Waals surface area (Å²) in [6.07, 6.45) is 13.6. The zero-order valence-electron chi connectivity index (χ0n) is 23.2. The van der Waals surface area contributed by atoms with Crippen LogP contribution < -0.4 is 11.1 Å². The number of hydrogen-bond acceptors (Lipinski definition) is 7. The van der Waals surface area contributed by atoms with Gasteiger partial charge in [0.25, 0.3) is 0 Å². The average Bonchev–Trinajstić information content (AvgIpc) is 2.95. The van der Waals surface area contributed by atoms with Crippen molar-refractivity contribution in [3.05, 3.63) is 52.8 Å². The number of hydrogen-bond donors (Lipinski definition) is 2. The number of nitrogen functional groups attached to an aromatic ring is 1. The molecule has 0 radical (unpaired) electrons. The van der Waals surface area contributed by atoms with Gasteiger partial charge < -0.3 is 16.0 Å². The molecule has 2 aliphatic rings. The maximum absolute atomic E-state index is 11.8. The van der Waals surface area contributed by atoms with Gasteiger partial charge in [-0.3, -0.25) is 14.6 Å². The van der Waals surface area contributed by atoms with Crippen LogP contribution in [-0.2, 0) is 17.9 Å². The Hall–Kier alpha value is -2.97. The Bertz CT molecular complexity index is 1040. The van der Waals surface area contributed by atoms with E-state index in [1.807, 2.05) is 13.0 Å². The Kier molecular flexibility index (Phi) is 10.5. The maximum atomic E-state index is 11.8. The van der Waals surface area contributed by atoms with Gasteiger partial charge >= 0.3 is 0 Å². The van der Waals surface area contributed by atoms with Crippen LogP contribution in [0.4, 0.5) is 11.8 Å². The van der Waals surface area contributed by atoms with Gasteiger partial charge in [-0.2, -0.15) is 4.98 Å². The molecule has 0 unspecified atom stereocenters. The van der Waals surface area contributed by atoms with E-state index in [1.54, 1.807) is 11.1 Å². The number of unbranched alkanes of at least 4 members (excludes halogenated alkanes) is 1. The van der Waals surface area contributed by atoms with Crippen LogP contribution in [0.2, 0.25) is 0 Å². The zero-order valence-corrected chi connectivity index (χ0v) is 23.2. The molecule has 2 fully saturated rings. The van der Waals surface area contributed by atoms with Gasteiger partial charge in [-0.05, 0) is 43.4 Å². The molecule has 0 bridgehead atoms. The third-order valence-electron chi connectivity index (χ3n) is 7.88. The number of rotatable bonds is 12. The first-order valence-corrected chi connectivity index (χ1v) is 14.4. The molecule has 8 nitrogen and oxygen atoms in total. The van der Waals surface area contributed by atoms with Crippen LogP contribution >= 0.6 is 0 Å². The molecule has 0 atom stereocenters. The maximum Gasteiger partial charge on any atom is 0.222 e. The van der Waals surface area contributed by atoms with Crippen LogP contribution in [0.3, 0.4) is 0 Å². The second kappa shape index (κ2) is 14.3. The fraction of sp³-hybridized carbons (Fsp3) is 0.567. The van der Waals surface area contributed by atoms with E-state index in [2.05, 4.69) is 56.3 Å². The molecule has 1 aromatic heterocycles. The van der Waals surface area contributed by atoms with Crippen molar-refractivity contribution in [2.45, 2.75) is 77.9 Å². The lowest BCUT2D eigenvalue weighted by molar-refractivity contribution is -0.116. The highest BCUT2D eigenvalue weighted by molar-refractivity contribution is 5.61. The van der Waals surface area contributed by atoms with Crippen molar-refractivity contribution in [2.24, 2.45) is 0 Å². The molecule has 1 aromatic carbocycles. The van der Waals surface area contributed by atoms with E-state index in [1.165, 1.54) is 50.8 Å². The first kappa shape index (κ1) is 28.0. The molecule has 3 N–H and O–H groups in total. The molecule has 1 aliphatic heterocycles. The number of nitrogens with zero attached hydrogens (tertiary/aromatic N) is 5. The van der Waals surface area contributed by atoms with Crippen LogP contribution in [0, 0.1) is 6.92 Å². The van der Waals surface area contributed by atoms with Crippen molar-refractivity contribution >= 4 is 24.3 Å². The lowest BCUT2D eigenvalue weighted by Gasteiger charge is -2.40. The van der Waals surface area contributed by atoms with E-state index in [4.69, 9.17) is 5.73 Å². The molecule has 1 amide bonds. The van der Waals surface area contributed by atoms with E-state index in [-0.39, 0.29) is 5.95 Å². The standard InChI is InChI=1S/C30H45N7O/c1-3-4-15-32-29-24(2)28(33-30(31)34-29)14-16-36(23-38)22-26-12-10-25(11-13-26)21-35-17-19-37(20-18-35)27-8-6-5-7-9-27/h10-14,16,23,27H,3-9,15,17-22H2,1-2H3,(H3,31,32,33,34)/b16-14-. The van der Waals surface area contributed by atoms with E-state index >= 15 is 0 Å². The second-order valence-electron chi connectivity index (χ2n) is 10.7. The van der Waals surface area contributed by atoms with Crippen molar-refractivity contribution in [2.75, 3.05) is 43.8 Å². The third kappa shape index (κ3) is 8.01. The van der Waals surface area contributed by atoms with Crippen LogP contribution in [-0.4, -0.2) is 69.8 Å². The summed E-state index contributed by atoms with van der Waals surface area (Å²) in [4.78, 5) is 27.4. The summed E-state index contributed by atoms with van der Waals surface area (Å²) >= 11 is 0. The highest BCUT2D eigenvalue weighted by atomic mass is 16.1. The number of carbonyl (C=O) groups excluding carboxylic acids is 1. The first-order chi connectivity index (χ1) is 18.6. The summed E-state index contributed by atoms with van der Waals surface area (Å²) in [5.41, 5.74) is 9.97. The minimum atomic E-state index is 0.220. The molecule has 1 aliphatic carbocycles. The van der Waals surface area contributed by atoms with Crippen molar-refractivity contribution in [3.8, 4) is 0 Å². The van der Waals surface area contributed by atoms with Gasteiger partial charge in [0.15, 0.2) is 0 Å². The number of anilines is 2. The Morgan fingerprint density at radius 3 is 2.45 bits per heavy atom. The number of aromatic nitrogens is 2. The lowest BCUT2D eigenvalue weighted by atomic mass is 9.94. The number of piperazine rings is 1. The predicted molar refractivity (Wildman–Crippen MR) is 155 cm³/mol. The Morgan fingerprint density at radius 1 is 1.05 bits per heavy atom. The van der Waals surface area contributed by atoms with Gasteiger partial charge in [-0.15, -0.1) is 0 Å². The third-order valence-corrected chi connectivity index (χ3v) is 7.88. The quantitative estimate of drug-likeness (QED) is 0.311. The SMILES string of the molecule is CCCCNc1nc(N)nc(/C=C\N(C=O)Cc2ccc(CN3CCN(C4CCCCC4)CC3)cc2)c1C. The van der Waals surface area contributed by atoms with Gasteiger partial charge in [0.1, 0.15) is 5.82 Å². The largest absolute Gasteiger partial charge is 0.370 e. The topological polar surface area (TPSA) is 90.6 Å². The molecular formula is C30H45N7O. The number of carbonyl (C=O) groups is 1. The Labute approximate surface area is 228 Å². The van der Waals surface area contributed by atoms with Crippen molar-refractivity contribution in [1.82, 2.24) is 24.7 Å². The van der Waals surface area contributed by atoms with E-state index in [0.29, 0.717) is 12.2 Å². The normalized spacial score (nSPS) is 17.6. The molecule has 2 heterocycles. The van der Waals surface area contributed by atoms with Gasteiger partial charge in [0, 0.05) is 63.6 Å². The van der Waals surface area contributed by atoms with E-state index in [9.17, 15) is 4.79 Å². The molecule has 2 aromatic rings. The van der Waals surface area contributed by atoms with Crippen molar-refractivity contribution in [3.63, 3.8) is 0 Å². The van der Waals surface area contributed by atoms with Crippen LogP contribution in [0.5, 0.6) is 0 Å². The summed E-state index contributed by atoms with van der Waals surface area (Å²) in [5.74, 6) is 0.965. The highest BCUT2D eigenvalue weighted by Gasteiger charge is 2.25. The second-order valence-corrected chi connectivity index (χ2v) is 10.7. The summed E-state index contributed by atoms with van der Waals surface area (Å²) in [5, 5.41) is 3.33. The predicted octanol–water partition coefficient (Wildman–Crippen LogP) is 4.66. The molecular weight excluding hydrogens is 474 g/mol. The smallest absolute Gasteiger partial charge is 0.222 e. The van der Waals surface area contributed by atoms with Gasteiger partial charge in [-0.25, -0.2) is 4.98 Å². The summed E-state index contributed by atoms with van der Waals surface area (Å²) < 4.78 is 0. The number of benzene rings is 1. The summed E-state index contributed by atoms with van der Waals surface area (Å²) in [7, 11) is 0. The van der Waals surface area contributed by atoms with Crippen molar-refractivity contribution in [1.29, 1.82) is 0 Å². The van der Waals surface area contributed by atoms with Crippen LogP contribution in [0.1, 0.15) is 74.3 Å². The fourth-order valence-corrected chi connectivity index (χ4v) is 5.51. The summed E-state index contributed by atoms with van der Waals surface area (Å²) in [6, 6.07) is 9.46. The Morgan fingerprint density at radius 2 is 1.76 bits per heavy atom. The molecule has 8 heteroatoms. The van der Waals surface area contributed by atoms with Crippen LogP contribution in [0.25, 0.3) is 6.08 Å². The van der Waals surface area contributed by atoms with Gasteiger partial charge in [-0.1, -0.05) is 56.9 Å². The van der Waals surface area contributed by atoms with Gasteiger partial charge in [0.05, 0.1) is 5.69 Å².